The zero-order valence-electron chi connectivity index (χ0n) is 26.8. The number of ether oxygens (including phenoxy) is 2. The largest absolute Gasteiger partial charge is 0.478 e. The van der Waals surface area contributed by atoms with Crippen molar-refractivity contribution in [3.63, 3.8) is 0 Å². The second kappa shape index (κ2) is 13.8. The van der Waals surface area contributed by atoms with Crippen molar-refractivity contribution in [3.8, 4) is 11.5 Å². The molecule has 2 aromatic heterocycles. The zero-order valence-corrected chi connectivity index (χ0v) is 27.6. The van der Waals surface area contributed by atoms with Gasteiger partial charge in [-0.3, -0.25) is 4.90 Å². The van der Waals surface area contributed by atoms with Crippen molar-refractivity contribution in [2.24, 2.45) is 0 Å². The average Bonchev–Trinajstić information content (AvgIpc) is 3.77. The molecule has 0 saturated carbocycles. The number of hydrogen-bond acceptors (Lipinski definition) is 6. The molecule has 0 aliphatic carbocycles. The minimum Gasteiger partial charge on any atom is -0.478 e. The van der Waals surface area contributed by atoms with Crippen molar-refractivity contribution in [1.29, 1.82) is 0 Å². The van der Waals surface area contributed by atoms with Crippen molar-refractivity contribution in [1.82, 2.24) is 24.4 Å². The van der Waals surface area contributed by atoms with Gasteiger partial charge in [-0.2, -0.15) is 0 Å². The lowest BCUT2D eigenvalue weighted by Crippen LogP contribution is -2.34. The summed E-state index contributed by atoms with van der Waals surface area (Å²) in [5, 5.41) is 9.89. The Balaban J connectivity index is 0.00000124. The lowest BCUT2D eigenvalue weighted by Gasteiger charge is -2.32. The van der Waals surface area contributed by atoms with Crippen LogP contribution in [0.5, 0.6) is 11.5 Å². The zero-order chi connectivity index (χ0) is 33.1. The first-order chi connectivity index (χ1) is 22.7. The molecule has 47 heavy (non-hydrogen) atoms. The van der Waals surface area contributed by atoms with Crippen LogP contribution >= 0.6 is 11.6 Å². The first-order valence-electron chi connectivity index (χ1n) is 16.1. The van der Waals surface area contributed by atoms with E-state index in [1.165, 1.54) is 12.5 Å². The summed E-state index contributed by atoms with van der Waals surface area (Å²) in [4.78, 5) is 26.5. The number of aromatic nitrogens is 4. The van der Waals surface area contributed by atoms with Gasteiger partial charge in [-0.25, -0.2) is 19.2 Å². The SMILES string of the molecule is CC1(c2ccc(Cl)cc2F)Oc2cccc(C3CCN(Cc4nc5ccc(C(=O)O)cc5n4CCc4ncc[nH]4)CC3)c2O1.CCC. The molecule has 1 saturated heterocycles. The Morgan fingerprint density at radius 3 is 2.62 bits per heavy atom. The van der Waals surface area contributed by atoms with E-state index in [4.69, 9.17) is 26.1 Å². The van der Waals surface area contributed by atoms with Crippen molar-refractivity contribution in [3.05, 3.63) is 106 Å². The van der Waals surface area contributed by atoms with Crippen LogP contribution in [0.25, 0.3) is 11.0 Å². The highest BCUT2D eigenvalue weighted by Crippen LogP contribution is 2.49. The number of para-hydroxylation sites is 1. The van der Waals surface area contributed by atoms with E-state index in [1.807, 2.05) is 12.1 Å². The normalized spacial score (nSPS) is 17.9. The number of likely N-dealkylation sites (tertiary alicyclic amines) is 1. The first kappa shape index (κ1) is 32.5. The third-order valence-electron chi connectivity index (χ3n) is 8.63. The molecule has 1 unspecified atom stereocenters. The number of aromatic amines is 1. The predicted octanol–water partition coefficient (Wildman–Crippen LogP) is 7.93. The van der Waals surface area contributed by atoms with Crippen LogP contribution in [-0.4, -0.2) is 48.6 Å². The van der Waals surface area contributed by atoms with Crippen LogP contribution in [0.2, 0.25) is 5.02 Å². The smallest absolute Gasteiger partial charge is 0.335 e. The van der Waals surface area contributed by atoms with Crippen molar-refractivity contribution in [2.45, 2.75) is 71.2 Å². The molecule has 0 amide bonds. The topological polar surface area (TPSA) is 106 Å². The fourth-order valence-corrected chi connectivity index (χ4v) is 6.53. The maximum atomic E-state index is 14.8. The number of imidazole rings is 2. The lowest BCUT2D eigenvalue weighted by atomic mass is 9.88. The molecule has 2 aliphatic heterocycles. The minimum absolute atomic E-state index is 0.237. The predicted molar refractivity (Wildman–Crippen MR) is 179 cm³/mol. The third-order valence-corrected chi connectivity index (χ3v) is 8.86. The van der Waals surface area contributed by atoms with Crippen molar-refractivity contribution < 1.29 is 23.8 Å². The van der Waals surface area contributed by atoms with E-state index in [0.29, 0.717) is 41.6 Å². The van der Waals surface area contributed by atoms with Crippen LogP contribution < -0.4 is 9.47 Å². The molecule has 1 atom stereocenters. The number of aryl methyl sites for hydroxylation is 2. The maximum absolute atomic E-state index is 14.8. The van der Waals surface area contributed by atoms with Gasteiger partial charge in [0.1, 0.15) is 17.5 Å². The Bertz CT molecular complexity index is 1870. The number of piperidine rings is 1. The van der Waals surface area contributed by atoms with Gasteiger partial charge in [-0.1, -0.05) is 44.0 Å². The number of nitrogens with one attached hydrogen (secondary N) is 1. The van der Waals surface area contributed by atoms with Gasteiger partial charge in [0, 0.05) is 42.9 Å². The summed E-state index contributed by atoms with van der Waals surface area (Å²) in [6.45, 7) is 8.94. The molecule has 2 aliphatic rings. The fourth-order valence-electron chi connectivity index (χ4n) is 6.37. The molecule has 5 aromatic rings. The van der Waals surface area contributed by atoms with Gasteiger partial charge in [0.2, 0.25) is 0 Å². The Hall–Kier alpha value is -4.41. The van der Waals surface area contributed by atoms with E-state index < -0.39 is 17.6 Å². The standard InChI is InChI=1S/C33H31ClFN5O4.C3H8/c1-33(24-7-6-22(34)18-25(24)35)43-28-4-2-3-23(31(28)44-33)20-9-14-39(15-10-20)19-30-38-26-8-5-21(32(41)42)17-27(26)40(30)16-11-29-36-12-13-37-29;1-3-2/h2-8,12-13,17-18,20H,9-11,14-16,19H2,1H3,(H,36,37)(H,41,42);3H2,1-2H3. The lowest BCUT2D eigenvalue weighted by molar-refractivity contribution is -0.0712. The molecule has 9 nitrogen and oxygen atoms in total. The Morgan fingerprint density at radius 1 is 1.13 bits per heavy atom. The van der Waals surface area contributed by atoms with E-state index in [0.717, 1.165) is 54.2 Å². The van der Waals surface area contributed by atoms with E-state index in [2.05, 4.69) is 39.3 Å². The van der Waals surface area contributed by atoms with Gasteiger partial charge >= 0.3 is 5.97 Å². The fraction of sp³-hybridized carbons (Fsp3) is 0.361. The number of nitrogens with zero attached hydrogens (tertiary/aromatic N) is 4. The number of H-pyrrole nitrogens is 1. The summed E-state index contributed by atoms with van der Waals surface area (Å²) in [5.41, 5.74) is 3.17. The van der Waals surface area contributed by atoms with Crippen LogP contribution in [0.1, 0.15) is 79.1 Å². The molecule has 1 fully saturated rings. The summed E-state index contributed by atoms with van der Waals surface area (Å²) in [7, 11) is 0. The van der Waals surface area contributed by atoms with Crippen LogP contribution in [0.4, 0.5) is 4.39 Å². The molecule has 3 aromatic carbocycles. The number of aromatic carboxylic acids is 1. The van der Waals surface area contributed by atoms with Gasteiger partial charge in [0.05, 0.1) is 28.7 Å². The number of carboxylic acids is 1. The second-order valence-electron chi connectivity index (χ2n) is 12.2. The van der Waals surface area contributed by atoms with E-state index in [1.54, 1.807) is 49.6 Å². The summed E-state index contributed by atoms with van der Waals surface area (Å²) >= 11 is 5.98. The van der Waals surface area contributed by atoms with Gasteiger partial charge < -0.3 is 24.1 Å². The van der Waals surface area contributed by atoms with Crippen LogP contribution in [0, 0.1) is 5.82 Å². The first-order valence-corrected chi connectivity index (χ1v) is 16.5. The third kappa shape index (κ3) is 6.84. The average molecular weight is 660 g/mol. The number of hydrogen-bond donors (Lipinski definition) is 2. The van der Waals surface area contributed by atoms with Gasteiger partial charge in [-0.05, 0) is 74.3 Å². The van der Waals surface area contributed by atoms with E-state index in [-0.39, 0.29) is 11.5 Å². The number of fused-ring (bicyclic) bond motifs is 2. The number of halogens is 2. The second-order valence-corrected chi connectivity index (χ2v) is 12.6. The summed E-state index contributed by atoms with van der Waals surface area (Å²) in [6, 6.07) is 15.5. The molecule has 0 spiro atoms. The van der Waals surface area contributed by atoms with Crippen molar-refractivity contribution >= 4 is 28.6 Å². The molecular formula is C36H39ClFN5O4. The van der Waals surface area contributed by atoms with E-state index in [9.17, 15) is 14.3 Å². The summed E-state index contributed by atoms with van der Waals surface area (Å²) < 4.78 is 29.5. The minimum atomic E-state index is -1.29. The summed E-state index contributed by atoms with van der Waals surface area (Å²) in [5.74, 6) is 0.549. The molecule has 11 heteroatoms. The highest BCUT2D eigenvalue weighted by molar-refractivity contribution is 6.30. The van der Waals surface area contributed by atoms with Crippen molar-refractivity contribution in [2.75, 3.05) is 13.1 Å². The van der Waals surface area contributed by atoms with Gasteiger partial charge in [0.15, 0.2) is 11.5 Å². The number of carboxylic acid groups (broad SMARTS) is 1. The molecular weight excluding hydrogens is 621 g/mol. The highest BCUT2D eigenvalue weighted by Gasteiger charge is 2.43. The molecule has 0 bridgehead atoms. The molecule has 7 rings (SSSR count). The summed E-state index contributed by atoms with van der Waals surface area (Å²) in [6.07, 6.45) is 7.25. The maximum Gasteiger partial charge on any atom is 0.335 e. The Morgan fingerprint density at radius 2 is 1.91 bits per heavy atom. The number of carbonyl (C=O) groups is 1. The molecule has 0 radical (unpaired) electrons. The van der Waals surface area contributed by atoms with Gasteiger partial charge in [0.25, 0.3) is 5.79 Å². The molecule has 2 N–H and O–H groups in total. The van der Waals surface area contributed by atoms with Crippen LogP contribution in [0.3, 0.4) is 0 Å². The monoisotopic (exact) mass is 659 g/mol. The number of benzene rings is 3. The molecule has 4 heterocycles. The van der Waals surface area contributed by atoms with E-state index >= 15 is 0 Å². The number of rotatable bonds is 8. The Labute approximate surface area is 278 Å². The quantitative estimate of drug-likeness (QED) is 0.174. The van der Waals surface area contributed by atoms with Crippen LogP contribution in [-0.2, 0) is 25.3 Å². The van der Waals surface area contributed by atoms with Gasteiger partial charge in [-0.15, -0.1) is 0 Å². The highest BCUT2D eigenvalue weighted by atomic mass is 35.5. The van der Waals surface area contributed by atoms with Crippen LogP contribution in [0.15, 0.2) is 67.0 Å². The Kier molecular flexibility index (Phi) is 9.52. The molecule has 246 valence electrons.